The lowest BCUT2D eigenvalue weighted by Gasteiger charge is -2.36. The van der Waals surface area contributed by atoms with E-state index in [1.807, 2.05) is 6.92 Å². The summed E-state index contributed by atoms with van der Waals surface area (Å²) in [4.78, 5) is 12.0. The van der Waals surface area contributed by atoms with E-state index in [9.17, 15) is 4.79 Å². The van der Waals surface area contributed by atoms with E-state index in [4.69, 9.17) is 0 Å². The van der Waals surface area contributed by atoms with Crippen molar-refractivity contribution in [2.24, 2.45) is 0 Å². The van der Waals surface area contributed by atoms with Crippen molar-refractivity contribution < 1.29 is 4.79 Å². The predicted octanol–water partition coefficient (Wildman–Crippen LogP) is 4.13. The summed E-state index contributed by atoms with van der Waals surface area (Å²) < 4.78 is 0. The van der Waals surface area contributed by atoms with Crippen LogP contribution in [0.3, 0.4) is 0 Å². The summed E-state index contributed by atoms with van der Waals surface area (Å²) in [5.41, 5.74) is 4.17. The predicted molar refractivity (Wildman–Crippen MR) is 71.5 cm³/mol. The third-order valence-corrected chi connectivity index (χ3v) is 4.11. The van der Waals surface area contributed by atoms with Crippen molar-refractivity contribution in [1.29, 1.82) is 0 Å². The van der Waals surface area contributed by atoms with Gasteiger partial charge in [-0.25, -0.2) is 0 Å². The summed E-state index contributed by atoms with van der Waals surface area (Å²) in [5, 5.41) is 0. The lowest BCUT2D eigenvalue weighted by Crippen LogP contribution is -2.29. The molecule has 0 saturated heterocycles. The van der Waals surface area contributed by atoms with Crippen LogP contribution in [0, 0.1) is 6.92 Å². The van der Waals surface area contributed by atoms with Crippen molar-refractivity contribution >= 4 is 5.78 Å². The van der Waals surface area contributed by atoms with Gasteiger partial charge in [0.15, 0.2) is 0 Å². The average Bonchev–Trinajstić information content (AvgIpc) is 2.29. The molecular weight excluding hydrogens is 208 g/mol. The van der Waals surface area contributed by atoms with Gasteiger partial charge in [-0.3, -0.25) is 4.79 Å². The van der Waals surface area contributed by atoms with Gasteiger partial charge in [-0.2, -0.15) is 0 Å². The van der Waals surface area contributed by atoms with Crippen LogP contribution in [0.25, 0.3) is 0 Å². The Morgan fingerprint density at radius 2 is 2.12 bits per heavy atom. The van der Waals surface area contributed by atoms with Gasteiger partial charge >= 0.3 is 0 Å². The van der Waals surface area contributed by atoms with Gasteiger partial charge in [0, 0.05) is 12.3 Å². The summed E-state index contributed by atoms with van der Waals surface area (Å²) in [6.07, 6.45) is 2.77. The largest absolute Gasteiger partial charge is 0.299 e. The van der Waals surface area contributed by atoms with E-state index in [1.54, 1.807) is 0 Å². The quantitative estimate of drug-likeness (QED) is 0.746. The number of rotatable bonds is 2. The van der Waals surface area contributed by atoms with Gasteiger partial charge in [-0.15, -0.1) is 0 Å². The second kappa shape index (κ2) is 4.29. The maximum Gasteiger partial charge on any atom is 0.140 e. The molecular formula is C16H22O. The molecule has 2 rings (SSSR count). The van der Waals surface area contributed by atoms with Gasteiger partial charge in [0.1, 0.15) is 5.78 Å². The molecule has 0 aliphatic heterocycles. The first-order valence-corrected chi connectivity index (χ1v) is 6.59. The molecule has 0 bridgehead atoms. The van der Waals surface area contributed by atoms with E-state index in [2.05, 4.69) is 39.0 Å². The highest BCUT2D eigenvalue weighted by molar-refractivity contribution is 5.86. The maximum atomic E-state index is 12.0. The average molecular weight is 230 g/mol. The lowest BCUT2D eigenvalue weighted by molar-refractivity contribution is -0.120. The molecule has 92 valence electrons. The van der Waals surface area contributed by atoms with Crippen LogP contribution in [0.2, 0.25) is 0 Å². The topological polar surface area (TPSA) is 17.1 Å². The maximum absolute atomic E-state index is 12.0. The Bertz CT molecular complexity index is 443. The summed E-state index contributed by atoms with van der Waals surface area (Å²) in [6.45, 7) is 8.67. The molecule has 1 aromatic carbocycles. The molecule has 1 heteroatoms. The number of aryl methyl sites for hydroxylation is 1. The Labute approximate surface area is 104 Å². The minimum atomic E-state index is 0.142. The molecule has 17 heavy (non-hydrogen) atoms. The van der Waals surface area contributed by atoms with Crippen LogP contribution in [0.15, 0.2) is 18.2 Å². The van der Waals surface area contributed by atoms with Crippen LogP contribution in [0.5, 0.6) is 0 Å². The highest BCUT2D eigenvalue weighted by Crippen LogP contribution is 2.43. The third kappa shape index (κ3) is 2.15. The highest BCUT2D eigenvalue weighted by Gasteiger charge is 2.34. The molecule has 0 amide bonds. The van der Waals surface area contributed by atoms with Crippen molar-refractivity contribution in [2.45, 2.75) is 58.3 Å². The van der Waals surface area contributed by atoms with Gasteiger partial charge in [0.2, 0.25) is 0 Å². The molecule has 0 radical (unpaired) electrons. The molecule has 1 nitrogen and oxygen atoms in total. The molecule has 0 fully saturated rings. The van der Waals surface area contributed by atoms with Crippen LogP contribution in [-0.2, 0) is 10.2 Å². The summed E-state index contributed by atoms with van der Waals surface area (Å²) >= 11 is 0. The van der Waals surface area contributed by atoms with Crippen LogP contribution in [0.1, 0.15) is 62.6 Å². The first kappa shape index (κ1) is 12.3. The number of hydrogen-bond acceptors (Lipinski definition) is 1. The number of carbonyl (C=O) groups is 1. The fourth-order valence-electron chi connectivity index (χ4n) is 2.94. The second-order valence-corrected chi connectivity index (χ2v) is 5.89. The molecule has 1 atom stereocenters. The fraction of sp³-hybridized carbons (Fsp3) is 0.562. The van der Waals surface area contributed by atoms with Crippen molar-refractivity contribution in [1.82, 2.24) is 0 Å². The van der Waals surface area contributed by atoms with Crippen LogP contribution in [-0.4, -0.2) is 5.78 Å². The Hall–Kier alpha value is -1.11. The van der Waals surface area contributed by atoms with E-state index < -0.39 is 0 Å². The van der Waals surface area contributed by atoms with Gasteiger partial charge in [0.05, 0.1) is 0 Å². The van der Waals surface area contributed by atoms with E-state index in [1.165, 1.54) is 16.7 Å². The molecule has 1 aliphatic carbocycles. The zero-order valence-corrected chi connectivity index (χ0v) is 11.3. The van der Waals surface area contributed by atoms with Gasteiger partial charge in [0.25, 0.3) is 0 Å². The lowest BCUT2D eigenvalue weighted by atomic mass is 9.67. The fourth-order valence-corrected chi connectivity index (χ4v) is 2.94. The molecule has 0 spiro atoms. The first-order valence-electron chi connectivity index (χ1n) is 6.59. The van der Waals surface area contributed by atoms with Crippen LogP contribution in [0.4, 0.5) is 0 Å². The van der Waals surface area contributed by atoms with Gasteiger partial charge < -0.3 is 0 Å². The smallest absolute Gasteiger partial charge is 0.140 e. The van der Waals surface area contributed by atoms with E-state index in [0.717, 1.165) is 12.8 Å². The number of fused-ring (bicyclic) bond motifs is 1. The van der Waals surface area contributed by atoms with Crippen molar-refractivity contribution in [3.63, 3.8) is 0 Å². The summed E-state index contributed by atoms with van der Waals surface area (Å²) in [7, 11) is 0. The molecule has 0 heterocycles. The van der Waals surface area contributed by atoms with E-state index in [-0.39, 0.29) is 11.3 Å². The summed E-state index contributed by atoms with van der Waals surface area (Å²) in [6, 6.07) is 6.57. The Kier molecular flexibility index (Phi) is 3.11. The van der Waals surface area contributed by atoms with Gasteiger partial charge in [-0.1, -0.05) is 44.5 Å². The number of ketones is 1. The highest BCUT2D eigenvalue weighted by atomic mass is 16.1. The molecule has 0 N–H and O–H groups in total. The zero-order chi connectivity index (χ0) is 12.6. The van der Waals surface area contributed by atoms with Crippen molar-refractivity contribution in [2.75, 3.05) is 0 Å². The third-order valence-electron chi connectivity index (χ3n) is 4.11. The molecule has 1 unspecified atom stereocenters. The molecule has 0 saturated carbocycles. The Balaban J connectivity index is 2.52. The Morgan fingerprint density at radius 1 is 1.41 bits per heavy atom. The number of Topliss-reactive ketones (excluding diaryl/α,β-unsaturated/α-hetero) is 1. The zero-order valence-electron chi connectivity index (χ0n) is 11.3. The van der Waals surface area contributed by atoms with Crippen LogP contribution >= 0.6 is 0 Å². The number of hydrogen-bond donors (Lipinski definition) is 0. The summed E-state index contributed by atoms with van der Waals surface area (Å²) in [5.74, 6) is 0.536. The second-order valence-electron chi connectivity index (χ2n) is 5.89. The van der Waals surface area contributed by atoms with Crippen LogP contribution < -0.4 is 0 Å². The SMILES string of the molecule is CCC(=O)C1CCC(C)(C)c2cc(C)ccc21. The standard InChI is InChI=1S/C16H22O/c1-5-15(17)13-8-9-16(3,4)14-10-11(2)6-7-12(13)14/h6-7,10,13H,5,8-9H2,1-4H3. The van der Waals surface area contributed by atoms with Gasteiger partial charge in [-0.05, 0) is 36.3 Å². The molecule has 1 aliphatic rings. The van der Waals surface area contributed by atoms with E-state index >= 15 is 0 Å². The molecule has 1 aromatic rings. The van der Waals surface area contributed by atoms with Crippen molar-refractivity contribution in [3.8, 4) is 0 Å². The Morgan fingerprint density at radius 3 is 2.76 bits per heavy atom. The molecule has 0 aromatic heterocycles. The normalized spacial score (nSPS) is 22.0. The number of carbonyl (C=O) groups excluding carboxylic acids is 1. The minimum Gasteiger partial charge on any atom is -0.299 e. The van der Waals surface area contributed by atoms with Crippen molar-refractivity contribution in [3.05, 3.63) is 34.9 Å². The number of benzene rings is 1. The first-order chi connectivity index (χ1) is 7.95. The monoisotopic (exact) mass is 230 g/mol. The van der Waals surface area contributed by atoms with E-state index in [0.29, 0.717) is 12.2 Å². The minimum absolute atomic E-state index is 0.142.